The maximum absolute atomic E-state index is 11.9. The molecule has 1 aliphatic heterocycles. The molecule has 0 aromatic carbocycles. The molecule has 78 valence electrons. The number of halogens is 1. The summed E-state index contributed by atoms with van der Waals surface area (Å²) in [4.78, 5) is 15.8. The van der Waals surface area contributed by atoms with Crippen molar-refractivity contribution in [2.45, 2.75) is 12.8 Å². The molecule has 0 radical (unpaired) electrons. The molecule has 1 aliphatic rings. The average molecular weight is 224 g/mol. The fourth-order valence-corrected chi connectivity index (χ4v) is 1.59. The molecule has 0 amide bonds. The summed E-state index contributed by atoms with van der Waals surface area (Å²) in [6, 6.07) is 3.33. The number of nitrogens with zero attached hydrogens (tertiary/aromatic N) is 1. The molecule has 4 heteroatoms. The van der Waals surface area contributed by atoms with E-state index in [0.29, 0.717) is 17.4 Å². The molecule has 0 spiro atoms. The zero-order valence-corrected chi connectivity index (χ0v) is 8.83. The Balaban J connectivity index is 2.28. The first-order valence-corrected chi connectivity index (χ1v) is 5.15. The Kier molecular flexibility index (Phi) is 3.02. The summed E-state index contributed by atoms with van der Waals surface area (Å²) >= 11 is 5.87. The topological polar surface area (TPSA) is 39.2 Å². The summed E-state index contributed by atoms with van der Waals surface area (Å²) < 4.78 is 5.26. The van der Waals surface area contributed by atoms with Crippen LogP contribution in [0.2, 0.25) is 5.02 Å². The molecule has 0 aliphatic carbocycles. The van der Waals surface area contributed by atoms with Gasteiger partial charge in [0.2, 0.25) is 5.78 Å². The van der Waals surface area contributed by atoms with Gasteiger partial charge in [-0.1, -0.05) is 11.6 Å². The molecular formula is C11H10ClNO2. The third kappa shape index (κ3) is 2.18. The zero-order chi connectivity index (χ0) is 10.7. The van der Waals surface area contributed by atoms with Gasteiger partial charge >= 0.3 is 0 Å². The minimum absolute atomic E-state index is 0.236. The molecule has 0 saturated heterocycles. The van der Waals surface area contributed by atoms with Gasteiger partial charge in [-0.2, -0.15) is 0 Å². The van der Waals surface area contributed by atoms with Gasteiger partial charge in [0, 0.05) is 6.20 Å². The predicted molar refractivity (Wildman–Crippen MR) is 56.8 cm³/mol. The van der Waals surface area contributed by atoms with Crippen LogP contribution in [-0.2, 0) is 4.74 Å². The molecule has 0 unspecified atom stereocenters. The monoisotopic (exact) mass is 223 g/mol. The number of Topliss-reactive ketones (excluding diaryl/α,β-unsaturated/α-hetero) is 1. The lowest BCUT2D eigenvalue weighted by Gasteiger charge is -2.13. The van der Waals surface area contributed by atoms with Gasteiger partial charge in [0.15, 0.2) is 5.76 Å². The van der Waals surface area contributed by atoms with Gasteiger partial charge in [0.05, 0.1) is 11.6 Å². The van der Waals surface area contributed by atoms with Gasteiger partial charge in [0.25, 0.3) is 0 Å². The normalized spacial score (nSPS) is 15.4. The summed E-state index contributed by atoms with van der Waals surface area (Å²) in [5.41, 5.74) is 0.257. The Bertz CT molecular complexity index is 415. The number of ketones is 1. The SMILES string of the molecule is O=C(C1=CCCCO1)c1ncccc1Cl. The van der Waals surface area contributed by atoms with Crippen LogP contribution in [0.1, 0.15) is 23.3 Å². The molecule has 1 aromatic heterocycles. The molecular weight excluding hydrogens is 214 g/mol. The van der Waals surface area contributed by atoms with Crippen LogP contribution in [0.25, 0.3) is 0 Å². The standard InChI is InChI=1S/C11H10ClNO2/c12-8-4-3-6-13-10(8)11(14)9-5-1-2-7-15-9/h3-6H,1-2,7H2. The molecule has 2 rings (SSSR count). The Morgan fingerprint density at radius 3 is 3.07 bits per heavy atom. The number of carbonyl (C=O) groups excluding carboxylic acids is 1. The molecule has 2 heterocycles. The number of carbonyl (C=O) groups is 1. The molecule has 0 saturated carbocycles. The molecule has 3 nitrogen and oxygen atoms in total. The lowest BCUT2D eigenvalue weighted by atomic mass is 10.1. The summed E-state index contributed by atoms with van der Waals surface area (Å²) in [5.74, 6) is 0.127. The maximum atomic E-state index is 11.9. The van der Waals surface area contributed by atoms with Crippen LogP contribution in [0.5, 0.6) is 0 Å². The van der Waals surface area contributed by atoms with Crippen molar-refractivity contribution in [1.29, 1.82) is 0 Å². The van der Waals surface area contributed by atoms with Crippen molar-refractivity contribution >= 4 is 17.4 Å². The van der Waals surface area contributed by atoms with Crippen LogP contribution in [0.15, 0.2) is 30.2 Å². The third-order valence-electron chi connectivity index (χ3n) is 2.13. The van der Waals surface area contributed by atoms with Crippen LogP contribution in [0.4, 0.5) is 0 Å². The molecule has 1 aromatic rings. The van der Waals surface area contributed by atoms with Gasteiger partial charge < -0.3 is 4.74 Å². The molecule has 0 fully saturated rings. The quantitative estimate of drug-likeness (QED) is 0.724. The number of rotatable bonds is 2. The van der Waals surface area contributed by atoms with Crippen LogP contribution < -0.4 is 0 Å². The highest BCUT2D eigenvalue weighted by Gasteiger charge is 2.19. The predicted octanol–water partition coefficient (Wildman–Crippen LogP) is 2.61. The highest BCUT2D eigenvalue weighted by atomic mass is 35.5. The largest absolute Gasteiger partial charge is 0.490 e. The van der Waals surface area contributed by atoms with Crippen LogP contribution in [0.3, 0.4) is 0 Å². The molecule has 15 heavy (non-hydrogen) atoms. The second-order valence-corrected chi connectivity index (χ2v) is 3.63. The highest BCUT2D eigenvalue weighted by molar-refractivity contribution is 6.34. The summed E-state index contributed by atoms with van der Waals surface area (Å²) in [7, 11) is 0. The van der Waals surface area contributed by atoms with Gasteiger partial charge in [0.1, 0.15) is 5.69 Å². The highest BCUT2D eigenvalue weighted by Crippen LogP contribution is 2.19. The lowest BCUT2D eigenvalue weighted by molar-refractivity contribution is 0.0894. The van der Waals surface area contributed by atoms with E-state index in [2.05, 4.69) is 4.98 Å². The van der Waals surface area contributed by atoms with Crippen molar-refractivity contribution in [3.8, 4) is 0 Å². The van der Waals surface area contributed by atoms with Crippen molar-refractivity contribution in [3.05, 3.63) is 40.9 Å². The minimum atomic E-state index is -0.236. The van der Waals surface area contributed by atoms with E-state index in [1.807, 2.05) is 0 Å². The van der Waals surface area contributed by atoms with Crippen molar-refractivity contribution in [3.63, 3.8) is 0 Å². The third-order valence-corrected chi connectivity index (χ3v) is 2.44. The maximum Gasteiger partial charge on any atom is 0.247 e. The summed E-state index contributed by atoms with van der Waals surface area (Å²) in [5, 5.41) is 0.359. The second-order valence-electron chi connectivity index (χ2n) is 3.22. The van der Waals surface area contributed by atoms with Crippen LogP contribution >= 0.6 is 11.6 Å². The van der Waals surface area contributed by atoms with Crippen LogP contribution in [0, 0.1) is 0 Å². The Morgan fingerprint density at radius 1 is 1.53 bits per heavy atom. The van der Waals surface area contributed by atoms with E-state index in [-0.39, 0.29) is 11.5 Å². The summed E-state index contributed by atoms with van der Waals surface area (Å²) in [6.07, 6.45) is 5.15. The van der Waals surface area contributed by atoms with Crippen molar-refractivity contribution in [2.75, 3.05) is 6.61 Å². The van der Waals surface area contributed by atoms with Gasteiger partial charge in [-0.15, -0.1) is 0 Å². The van der Waals surface area contributed by atoms with E-state index in [0.717, 1.165) is 12.8 Å². The molecule has 0 bridgehead atoms. The zero-order valence-electron chi connectivity index (χ0n) is 8.07. The molecule has 0 N–H and O–H groups in total. The fraction of sp³-hybridized carbons (Fsp3) is 0.273. The van der Waals surface area contributed by atoms with E-state index in [1.165, 1.54) is 0 Å². The van der Waals surface area contributed by atoms with E-state index in [9.17, 15) is 4.79 Å². The Morgan fingerprint density at radius 2 is 2.40 bits per heavy atom. The smallest absolute Gasteiger partial charge is 0.247 e. The number of ether oxygens (including phenoxy) is 1. The van der Waals surface area contributed by atoms with Gasteiger partial charge in [-0.3, -0.25) is 9.78 Å². The number of hydrogen-bond acceptors (Lipinski definition) is 3. The van der Waals surface area contributed by atoms with Crippen LogP contribution in [-0.4, -0.2) is 17.4 Å². The van der Waals surface area contributed by atoms with E-state index < -0.39 is 0 Å². The fourth-order valence-electron chi connectivity index (χ4n) is 1.39. The first-order chi connectivity index (χ1) is 7.29. The Hall–Kier alpha value is -1.35. The number of aromatic nitrogens is 1. The first-order valence-electron chi connectivity index (χ1n) is 4.77. The van der Waals surface area contributed by atoms with Gasteiger partial charge in [-0.05, 0) is 31.1 Å². The number of hydrogen-bond donors (Lipinski definition) is 0. The molecule has 0 atom stereocenters. The number of allylic oxidation sites excluding steroid dienone is 2. The van der Waals surface area contributed by atoms with Crippen molar-refractivity contribution < 1.29 is 9.53 Å². The van der Waals surface area contributed by atoms with E-state index >= 15 is 0 Å². The van der Waals surface area contributed by atoms with E-state index in [4.69, 9.17) is 16.3 Å². The average Bonchev–Trinajstić information content (AvgIpc) is 2.30. The number of pyridine rings is 1. The minimum Gasteiger partial charge on any atom is -0.490 e. The van der Waals surface area contributed by atoms with E-state index in [1.54, 1.807) is 24.4 Å². The summed E-state index contributed by atoms with van der Waals surface area (Å²) in [6.45, 7) is 0.585. The van der Waals surface area contributed by atoms with Crippen molar-refractivity contribution in [1.82, 2.24) is 4.98 Å². The van der Waals surface area contributed by atoms with Crippen molar-refractivity contribution in [2.24, 2.45) is 0 Å². The lowest BCUT2D eigenvalue weighted by Crippen LogP contribution is -2.13. The van der Waals surface area contributed by atoms with Gasteiger partial charge in [-0.25, -0.2) is 0 Å². The second kappa shape index (κ2) is 4.45. The Labute approximate surface area is 92.7 Å². The first kappa shape index (κ1) is 10.2.